The summed E-state index contributed by atoms with van der Waals surface area (Å²) >= 11 is 6.14. The van der Waals surface area contributed by atoms with E-state index in [9.17, 15) is 14.0 Å². The first-order valence-electron chi connectivity index (χ1n) is 9.36. The van der Waals surface area contributed by atoms with Gasteiger partial charge in [-0.2, -0.15) is 0 Å². The van der Waals surface area contributed by atoms with Crippen molar-refractivity contribution in [1.82, 2.24) is 0 Å². The molecule has 1 atom stereocenters. The van der Waals surface area contributed by atoms with Gasteiger partial charge in [0, 0.05) is 16.3 Å². The Hall–Kier alpha value is -3.44. The van der Waals surface area contributed by atoms with Crippen LogP contribution in [-0.4, -0.2) is 5.91 Å². The molecule has 6 heteroatoms. The number of carbonyl (C=O) groups excluding carboxylic acids is 1. The highest BCUT2D eigenvalue weighted by molar-refractivity contribution is 6.31. The molecule has 1 aliphatic heterocycles. The number of fused-ring (bicyclic) bond motifs is 2. The van der Waals surface area contributed by atoms with E-state index in [0.717, 1.165) is 5.56 Å². The summed E-state index contributed by atoms with van der Waals surface area (Å²) < 4.78 is 20.7. The zero-order chi connectivity index (χ0) is 21.0. The van der Waals surface area contributed by atoms with Crippen LogP contribution in [0.1, 0.15) is 33.3 Å². The summed E-state index contributed by atoms with van der Waals surface area (Å²) in [6.07, 6.45) is 0. The number of aryl methyl sites for hydroxylation is 1. The molecule has 0 spiro atoms. The summed E-state index contributed by atoms with van der Waals surface area (Å²) in [5.41, 5.74) is 1.64. The van der Waals surface area contributed by atoms with E-state index in [0.29, 0.717) is 21.7 Å². The minimum Gasteiger partial charge on any atom is -0.450 e. The molecule has 2 heterocycles. The van der Waals surface area contributed by atoms with Crippen molar-refractivity contribution >= 4 is 34.2 Å². The Morgan fingerprint density at radius 1 is 1.00 bits per heavy atom. The van der Waals surface area contributed by atoms with E-state index in [1.54, 1.807) is 60.7 Å². The van der Waals surface area contributed by atoms with Crippen molar-refractivity contribution < 1.29 is 13.6 Å². The third-order valence-electron chi connectivity index (χ3n) is 5.31. The van der Waals surface area contributed by atoms with Crippen molar-refractivity contribution in [2.75, 3.05) is 4.90 Å². The van der Waals surface area contributed by atoms with E-state index in [-0.39, 0.29) is 22.3 Å². The maximum absolute atomic E-state index is 14.8. The summed E-state index contributed by atoms with van der Waals surface area (Å²) in [5, 5.41) is 0.777. The Balaban J connectivity index is 1.86. The first-order chi connectivity index (χ1) is 14.5. The van der Waals surface area contributed by atoms with Crippen LogP contribution in [0.4, 0.5) is 10.1 Å². The average molecular weight is 420 g/mol. The molecule has 0 saturated heterocycles. The lowest BCUT2D eigenvalue weighted by Gasteiger charge is -2.25. The van der Waals surface area contributed by atoms with Crippen LogP contribution in [0.15, 0.2) is 75.9 Å². The molecule has 0 bridgehead atoms. The Morgan fingerprint density at radius 2 is 1.80 bits per heavy atom. The molecule has 1 unspecified atom stereocenters. The molecule has 0 aliphatic carbocycles. The zero-order valence-electron chi connectivity index (χ0n) is 15.9. The van der Waals surface area contributed by atoms with Crippen molar-refractivity contribution in [3.05, 3.63) is 110 Å². The second-order valence-corrected chi connectivity index (χ2v) is 7.69. The SMILES string of the molecule is Cc1ccc2oc3c(c(=O)c2c1)C(c1ccccc1F)N(c1cccc(Cl)c1)C3=O. The number of nitrogens with zero attached hydrogens (tertiary/aromatic N) is 1. The molecular weight excluding hydrogens is 405 g/mol. The van der Waals surface area contributed by atoms with Gasteiger partial charge in [0.1, 0.15) is 11.4 Å². The number of halogens is 2. The van der Waals surface area contributed by atoms with Gasteiger partial charge in [0.2, 0.25) is 5.76 Å². The van der Waals surface area contributed by atoms with E-state index in [4.69, 9.17) is 16.0 Å². The number of amides is 1. The van der Waals surface area contributed by atoms with Gasteiger partial charge in [-0.15, -0.1) is 0 Å². The van der Waals surface area contributed by atoms with Crippen molar-refractivity contribution in [2.45, 2.75) is 13.0 Å². The fourth-order valence-corrected chi connectivity index (χ4v) is 4.15. The molecule has 30 heavy (non-hydrogen) atoms. The molecule has 1 aromatic heterocycles. The molecule has 0 N–H and O–H groups in total. The summed E-state index contributed by atoms with van der Waals surface area (Å²) in [5.74, 6) is -1.11. The van der Waals surface area contributed by atoms with Crippen LogP contribution < -0.4 is 10.3 Å². The third-order valence-corrected chi connectivity index (χ3v) is 5.55. The number of hydrogen-bond acceptors (Lipinski definition) is 3. The van der Waals surface area contributed by atoms with Gasteiger partial charge < -0.3 is 4.42 Å². The highest BCUT2D eigenvalue weighted by Gasteiger charge is 2.44. The molecule has 0 radical (unpaired) electrons. The first-order valence-corrected chi connectivity index (χ1v) is 9.74. The summed E-state index contributed by atoms with van der Waals surface area (Å²) in [6, 6.07) is 17.0. The largest absolute Gasteiger partial charge is 0.450 e. The van der Waals surface area contributed by atoms with Crippen LogP contribution >= 0.6 is 11.6 Å². The third kappa shape index (κ3) is 2.74. The van der Waals surface area contributed by atoms with Gasteiger partial charge in [0.25, 0.3) is 5.91 Å². The highest BCUT2D eigenvalue weighted by Crippen LogP contribution is 2.42. The number of carbonyl (C=O) groups is 1. The van der Waals surface area contributed by atoms with Crippen molar-refractivity contribution in [3.63, 3.8) is 0 Å². The maximum Gasteiger partial charge on any atom is 0.295 e. The predicted molar refractivity (Wildman–Crippen MR) is 114 cm³/mol. The minimum absolute atomic E-state index is 0.0791. The van der Waals surface area contributed by atoms with E-state index in [1.807, 2.05) is 6.92 Å². The van der Waals surface area contributed by atoms with Gasteiger partial charge >= 0.3 is 0 Å². The van der Waals surface area contributed by atoms with Crippen LogP contribution in [-0.2, 0) is 0 Å². The monoisotopic (exact) mass is 419 g/mol. The second kappa shape index (κ2) is 6.82. The van der Waals surface area contributed by atoms with E-state index >= 15 is 0 Å². The Kier molecular flexibility index (Phi) is 4.22. The zero-order valence-corrected chi connectivity index (χ0v) is 16.6. The molecule has 1 aliphatic rings. The van der Waals surface area contributed by atoms with Crippen molar-refractivity contribution in [3.8, 4) is 0 Å². The minimum atomic E-state index is -0.965. The molecule has 0 fully saturated rings. The lowest BCUT2D eigenvalue weighted by molar-refractivity contribution is 0.0971. The molecule has 4 aromatic rings. The van der Waals surface area contributed by atoms with E-state index < -0.39 is 17.8 Å². The molecule has 148 valence electrons. The smallest absolute Gasteiger partial charge is 0.295 e. The van der Waals surface area contributed by atoms with Gasteiger partial charge in [-0.25, -0.2) is 4.39 Å². The lowest BCUT2D eigenvalue weighted by Crippen LogP contribution is -2.30. The number of hydrogen-bond donors (Lipinski definition) is 0. The van der Waals surface area contributed by atoms with Crippen LogP contribution in [0.2, 0.25) is 5.02 Å². The van der Waals surface area contributed by atoms with Crippen LogP contribution in [0.3, 0.4) is 0 Å². The lowest BCUT2D eigenvalue weighted by atomic mass is 9.97. The predicted octanol–water partition coefficient (Wildman–Crippen LogP) is 5.64. The highest BCUT2D eigenvalue weighted by atomic mass is 35.5. The summed E-state index contributed by atoms with van der Waals surface area (Å²) in [6.45, 7) is 1.86. The summed E-state index contributed by atoms with van der Waals surface area (Å²) in [7, 11) is 0. The van der Waals surface area contributed by atoms with Crippen LogP contribution in [0, 0.1) is 12.7 Å². The van der Waals surface area contributed by atoms with E-state index in [2.05, 4.69) is 0 Å². The second-order valence-electron chi connectivity index (χ2n) is 7.25. The Bertz CT molecular complexity index is 1400. The summed E-state index contributed by atoms with van der Waals surface area (Å²) in [4.78, 5) is 28.2. The Morgan fingerprint density at radius 3 is 2.57 bits per heavy atom. The molecular formula is C24H15ClFNO3. The van der Waals surface area contributed by atoms with Gasteiger partial charge in [0.05, 0.1) is 17.0 Å². The van der Waals surface area contributed by atoms with Gasteiger partial charge in [0.15, 0.2) is 5.43 Å². The molecule has 4 nitrogen and oxygen atoms in total. The number of rotatable bonds is 2. The number of anilines is 1. The first kappa shape index (κ1) is 18.6. The standard InChI is InChI=1S/C24H15ClFNO3/c1-13-9-10-19-17(11-13)22(28)20-21(16-7-2-3-8-18(16)26)27(24(29)23(20)30-19)15-6-4-5-14(25)12-15/h2-12,21H,1H3. The number of benzene rings is 3. The fourth-order valence-electron chi connectivity index (χ4n) is 3.97. The Labute approximate surface area is 176 Å². The average Bonchev–Trinajstić information content (AvgIpc) is 3.01. The van der Waals surface area contributed by atoms with E-state index in [1.165, 1.54) is 11.0 Å². The molecule has 0 saturated carbocycles. The fraction of sp³-hybridized carbons (Fsp3) is 0.0833. The van der Waals surface area contributed by atoms with Gasteiger partial charge in [-0.05, 0) is 43.3 Å². The molecule has 1 amide bonds. The maximum atomic E-state index is 14.8. The van der Waals surface area contributed by atoms with Crippen LogP contribution in [0.25, 0.3) is 11.0 Å². The van der Waals surface area contributed by atoms with Crippen molar-refractivity contribution in [1.29, 1.82) is 0 Å². The van der Waals surface area contributed by atoms with Gasteiger partial charge in [-0.3, -0.25) is 14.5 Å². The van der Waals surface area contributed by atoms with Crippen molar-refractivity contribution in [2.24, 2.45) is 0 Å². The quantitative estimate of drug-likeness (QED) is 0.422. The normalized spacial score (nSPS) is 15.6. The topological polar surface area (TPSA) is 50.5 Å². The van der Waals surface area contributed by atoms with Gasteiger partial charge in [-0.1, -0.05) is 47.5 Å². The molecule has 3 aromatic carbocycles. The molecule has 5 rings (SSSR count). The van der Waals surface area contributed by atoms with Crippen LogP contribution in [0.5, 0.6) is 0 Å².